The van der Waals surface area contributed by atoms with Crippen LogP contribution in [-0.2, 0) is 0 Å². The molecule has 0 aliphatic carbocycles. The van der Waals surface area contributed by atoms with Gasteiger partial charge >= 0.3 is 0 Å². The Morgan fingerprint density at radius 2 is 1.74 bits per heavy atom. The summed E-state index contributed by atoms with van der Waals surface area (Å²) in [6.45, 7) is 14.7. The molecule has 19 heavy (non-hydrogen) atoms. The van der Waals surface area contributed by atoms with Crippen LogP contribution in [0.25, 0.3) is 0 Å². The second kappa shape index (κ2) is 7.61. The standard InChI is InChI=1S/C16H33N3/c1-4-18-11-7-16(8-12-18)19(14(2)3)13-15-5-9-17-10-6-15/h14-17H,4-13H2,1-3H3. The highest BCUT2D eigenvalue weighted by molar-refractivity contribution is 4.83. The first-order chi connectivity index (χ1) is 9.20. The van der Waals surface area contributed by atoms with Crippen molar-refractivity contribution in [2.45, 2.75) is 58.5 Å². The lowest BCUT2D eigenvalue weighted by atomic mass is 9.94. The average Bonchev–Trinajstić information content (AvgIpc) is 2.46. The van der Waals surface area contributed by atoms with Gasteiger partial charge in [0.05, 0.1) is 0 Å². The number of rotatable bonds is 5. The first kappa shape index (κ1) is 15.3. The third-order valence-corrected chi connectivity index (χ3v) is 5.06. The number of nitrogens with zero attached hydrogens (tertiary/aromatic N) is 2. The molecule has 0 spiro atoms. The third-order valence-electron chi connectivity index (χ3n) is 5.06. The number of likely N-dealkylation sites (tertiary alicyclic amines) is 1. The molecule has 0 saturated carbocycles. The van der Waals surface area contributed by atoms with Gasteiger partial charge < -0.3 is 10.2 Å². The highest BCUT2D eigenvalue weighted by Crippen LogP contribution is 2.22. The zero-order valence-electron chi connectivity index (χ0n) is 13.2. The number of hydrogen-bond acceptors (Lipinski definition) is 3. The maximum atomic E-state index is 3.48. The number of nitrogens with one attached hydrogen (secondary N) is 1. The maximum absolute atomic E-state index is 3.48. The van der Waals surface area contributed by atoms with Crippen molar-refractivity contribution in [3.05, 3.63) is 0 Å². The van der Waals surface area contributed by atoms with Crippen LogP contribution in [0.2, 0.25) is 0 Å². The predicted octanol–water partition coefficient (Wildman–Crippen LogP) is 2.18. The van der Waals surface area contributed by atoms with E-state index in [1.807, 2.05) is 0 Å². The summed E-state index contributed by atoms with van der Waals surface area (Å²) in [5.41, 5.74) is 0. The van der Waals surface area contributed by atoms with Gasteiger partial charge in [0.1, 0.15) is 0 Å². The smallest absolute Gasteiger partial charge is 0.0122 e. The van der Waals surface area contributed by atoms with Crippen molar-refractivity contribution in [3.8, 4) is 0 Å². The minimum absolute atomic E-state index is 0.702. The average molecular weight is 267 g/mol. The lowest BCUT2D eigenvalue weighted by Gasteiger charge is -2.42. The summed E-state index contributed by atoms with van der Waals surface area (Å²) in [6, 6.07) is 1.53. The Kier molecular flexibility index (Phi) is 6.11. The molecule has 3 nitrogen and oxygen atoms in total. The van der Waals surface area contributed by atoms with Gasteiger partial charge in [0.15, 0.2) is 0 Å². The van der Waals surface area contributed by atoms with Gasteiger partial charge in [-0.1, -0.05) is 6.92 Å². The molecule has 0 aromatic heterocycles. The molecule has 2 heterocycles. The Balaban J connectivity index is 1.85. The van der Waals surface area contributed by atoms with Crippen molar-refractivity contribution < 1.29 is 0 Å². The van der Waals surface area contributed by atoms with Gasteiger partial charge in [-0.3, -0.25) is 4.90 Å². The van der Waals surface area contributed by atoms with Crippen LogP contribution < -0.4 is 5.32 Å². The highest BCUT2D eigenvalue weighted by atomic mass is 15.2. The van der Waals surface area contributed by atoms with Crippen LogP contribution >= 0.6 is 0 Å². The molecule has 3 heteroatoms. The summed E-state index contributed by atoms with van der Waals surface area (Å²) < 4.78 is 0. The van der Waals surface area contributed by atoms with Gasteiger partial charge in [-0.2, -0.15) is 0 Å². The van der Waals surface area contributed by atoms with E-state index in [1.165, 1.54) is 65.0 Å². The zero-order chi connectivity index (χ0) is 13.7. The molecule has 0 atom stereocenters. The first-order valence-corrected chi connectivity index (χ1v) is 8.39. The van der Waals surface area contributed by atoms with Crippen LogP contribution in [0.15, 0.2) is 0 Å². The maximum Gasteiger partial charge on any atom is 0.0122 e. The fraction of sp³-hybridized carbons (Fsp3) is 1.00. The van der Waals surface area contributed by atoms with Crippen molar-refractivity contribution in [1.29, 1.82) is 0 Å². The lowest BCUT2D eigenvalue weighted by Crippen LogP contribution is -2.49. The minimum Gasteiger partial charge on any atom is -0.317 e. The van der Waals surface area contributed by atoms with E-state index in [-0.39, 0.29) is 0 Å². The van der Waals surface area contributed by atoms with Gasteiger partial charge in [-0.25, -0.2) is 0 Å². The van der Waals surface area contributed by atoms with E-state index < -0.39 is 0 Å². The first-order valence-electron chi connectivity index (χ1n) is 8.39. The van der Waals surface area contributed by atoms with Crippen molar-refractivity contribution in [2.75, 3.05) is 39.3 Å². The van der Waals surface area contributed by atoms with Crippen LogP contribution in [0, 0.1) is 5.92 Å². The van der Waals surface area contributed by atoms with Crippen LogP contribution in [0.3, 0.4) is 0 Å². The second-order valence-corrected chi connectivity index (χ2v) is 6.65. The molecule has 0 bridgehead atoms. The zero-order valence-corrected chi connectivity index (χ0v) is 13.2. The van der Waals surface area contributed by atoms with Crippen molar-refractivity contribution in [2.24, 2.45) is 5.92 Å². The molecule has 2 aliphatic heterocycles. The molecule has 2 saturated heterocycles. The van der Waals surface area contributed by atoms with Crippen LogP contribution in [0.1, 0.15) is 46.5 Å². The molecule has 2 rings (SSSR count). The molecule has 112 valence electrons. The predicted molar refractivity (Wildman–Crippen MR) is 82.6 cm³/mol. The van der Waals surface area contributed by atoms with Crippen LogP contribution in [0.5, 0.6) is 0 Å². The Bertz CT molecular complexity index is 240. The van der Waals surface area contributed by atoms with Crippen LogP contribution in [-0.4, -0.2) is 61.2 Å². The minimum atomic E-state index is 0.702. The van der Waals surface area contributed by atoms with E-state index in [1.54, 1.807) is 0 Å². The highest BCUT2D eigenvalue weighted by Gasteiger charge is 2.28. The molecule has 0 aromatic rings. The van der Waals surface area contributed by atoms with E-state index in [0.717, 1.165) is 12.0 Å². The van der Waals surface area contributed by atoms with Gasteiger partial charge in [0.25, 0.3) is 0 Å². The second-order valence-electron chi connectivity index (χ2n) is 6.65. The Morgan fingerprint density at radius 1 is 1.11 bits per heavy atom. The molecule has 2 fully saturated rings. The quantitative estimate of drug-likeness (QED) is 0.824. The lowest BCUT2D eigenvalue weighted by molar-refractivity contribution is 0.0672. The monoisotopic (exact) mass is 267 g/mol. The Morgan fingerprint density at radius 3 is 2.26 bits per heavy atom. The molecule has 0 unspecified atom stereocenters. The van der Waals surface area contributed by atoms with Gasteiger partial charge in [0, 0.05) is 18.6 Å². The Labute approximate surface area is 119 Å². The van der Waals surface area contributed by atoms with E-state index >= 15 is 0 Å². The summed E-state index contributed by atoms with van der Waals surface area (Å²) in [7, 11) is 0. The molecular formula is C16H33N3. The van der Waals surface area contributed by atoms with E-state index in [9.17, 15) is 0 Å². The fourth-order valence-electron chi connectivity index (χ4n) is 3.71. The molecule has 2 aliphatic rings. The summed E-state index contributed by atoms with van der Waals surface area (Å²) >= 11 is 0. The topological polar surface area (TPSA) is 18.5 Å². The van der Waals surface area contributed by atoms with Crippen LogP contribution in [0.4, 0.5) is 0 Å². The van der Waals surface area contributed by atoms with Gasteiger partial charge in [-0.05, 0) is 78.2 Å². The molecule has 1 N–H and O–H groups in total. The summed E-state index contributed by atoms with van der Waals surface area (Å²) in [6.07, 6.45) is 5.49. The van der Waals surface area contributed by atoms with Gasteiger partial charge in [0.2, 0.25) is 0 Å². The molecular weight excluding hydrogens is 234 g/mol. The summed E-state index contributed by atoms with van der Waals surface area (Å²) in [5.74, 6) is 0.924. The molecule has 0 radical (unpaired) electrons. The summed E-state index contributed by atoms with van der Waals surface area (Å²) in [5, 5.41) is 3.48. The van der Waals surface area contributed by atoms with Crippen molar-refractivity contribution in [3.63, 3.8) is 0 Å². The number of piperidine rings is 2. The summed E-state index contributed by atoms with van der Waals surface area (Å²) in [4.78, 5) is 5.41. The normalized spacial score (nSPS) is 24.5. The SMILES string of the molecule is CCN1CCC(N(CC2CCNCC2)C(C)C)CC1. The van der Waals surface area contributed by atoms with Crippen molar-refractivity contribution >= 4 is 0 Å². The van der Waals surface area contributed by atoms with E-state index in [4.69, 9.17) is 0 Å². The van der Waals surface area contributed by atoms with E-state index in [2.05, 4.69) is 35.9 Å². The third kappa shape index (κ3) is 4.44. The molecule has 0 aromatic carbocycles. The largest absolute Gasteiger partial charge is 0.317 e. The van der Waals surface area contributed by atoms with Crippen molar-refractivity contribution in [1.82, 2.24) is 15.1 Å². The van der Waals surface area contributed by atoms with E-state index in [0.29, 0.717) is 6.04 Å². The number of hydrogen-bond donors (Lipinski definition) is 1. The fourth-order valence-corrected chi connectivity index (χ4v) is 3.71. The molecule has 0 amide bonds. The van der Waals surface area contributed by atoms with Gasteiger partial charge in [-0.15, -0.1) is 0 Å². The Hall–Kier alpha value is -0.120.